The third kappa shape index (κ3) is 34.5. The Morgan fingerprint density at radius 2 is 0.969 bits per heavy atom. The lowest BCUT2D eigenvalue weighted by molar-refractivity contribution is -0.302. The number of carbonyl (C=O) groups is 1. The van der Waals surface area contributed by atoms with E-state index in [0.29, 0.717) is 6.42 Å². The van der Waals surface area contributed by atoms with E-state index in [4.69, 9.17) is 9.47 Å². The predicted octanol–water partition coefficient (Wildman–Crippen LogP) is 12.6. The van der Waals surface area contributed by atoms with Crippen LogP contribution in [0.15, 0.2) is 48.6 Å². The molecule has 1 fully saturated rings. The SMILES string of the molecule is CC/C=C\C/C=C\C/C=C\CCCCCCCCCC(=O)NC(COC1OC(CO)C(O)C(O)C1O)C(O)/C=C/CCCCCCCCCCCCCCCCCCCCCCCC. The van der Waals surface area contributed by atoms with Gasteiger partial charge in [-0.2, -0.15) is 0 Å². The summed E-state index contributed by atoms with van der Waals surface area (Å²) in [6.07, 6.45) is 51.7. The van der Waals surface area contributed by atoms with Gasteiger partial charge in [-0.05, 0) is 51.4 Å². The van der Waals surface area contributed by atoms with Gasteiger partial charge >= 0.3 is 0 Å². The number of nitrogens with one attached hydrogen (secondary N) is 1. The van der Waals surface area contributed by atoms with Gasteiger partial charge in [0.25, 0.3) is 0 Å². The lowest BCUT2D eigenvalue weighted by Gasteiger charge is -2.40. The Morgan fingerprint density at radius 1 is 0.547 bits per heavy atom. The van der Waals surface area contributed by atoms with Gasteiger partial charge in [-0.3, -0.25) is 4.79 Å². The molecule has 1 aliphatic heterocycles. The van der Waals surface area contributed by atoms with Gasteiger partial charge in [-0.1, -0.05) is 229 Å². The molecule has 0 saturated carbocycles. The number of hydrogen-bond acceptors (Lipinski definition) is 8. The minimum absolute atomic E-state index is 0.187. The largest absolute Gasteiger partial charge is 0.394 e. The molecule has 0 aromatic rings. The highest BCUT2D eigenvalue weighted by atomic mass is 16.7. The molecule has 1 saturated heterocycles. The Labute approximate surface area is 393 Å². The van der Waals surface area contributed by atoms with Crippen molar-refractivity contribution in [1.82, 2.24) is 5.32 Å². The first-order valence-electron chi connectivity index (χ1n) is 26.9. The van der Waals surface area contributed by atoms with Crippen LogP contribution in [0.3, 0.4) is 0 Å². The van der Waals surface area contributed by atoms with E-state index in [1.165, 1.54) is 148 Å². The third-order valence-electron chi connectivity index (χ3n) is 12.7. The molecule has 0 bridgehead atoms. The zero-order chi connectivity index (χ0) is 46.6. The summed E-state index contributed by atoms with van der Waals surface area (Å²) in [6, 6.07) is -0.811. The number of hydrogen-bond donors (Lipinski definition) is 6. The highest BCUT2D eigenvalue weighted by Crippen LogP contribution is 2.23. The van der Waals surface area contributed by atoms with Crippen LogP contribution in [0, 0.1) is 0 Å². The van der Waals surface area contributed by atoms with Crippen LogP contribution in [0.4, 0.5) is 0 Å². The summed E-state index contributed by atoms with van der Waals surface area (Å²) in [5.41, 5.74) is 0. The van der Waals surface area contributed by atoms with Crippen molar-refractivity contribution in [2.75, 3.05) is 13.2 Å². The average Bonchev–Trinajstić information content (AvgIpc) is 3.29. The third-order valence-corrected chi connectivity index (χ3v) is 12.7. The number of amides is 1. The van der Waals surface area contributed by atoms with E-state index >= 15 is 0 Å². The lowest BCUT2D eigenvalue weighted by atomic mass is 9.99. The molecule has 1 amide bonds. The number of unbranched alkanes of at least 4 members (excludes halogenated alkanes) is 29. The van der Waals surface area contributed by atoms with Gasteiger partial charge in [-0.25, -0.2) is 0 Å². The molecule has 0 aliphatic carbocycles. The fourth-order valence-electron chi connectivity index (χ4n) is 8.41. The molecule has 7 atom stereocenters. The Kier molecular flexibility index (Phi) is 42.3. The lowest BCUT2D eigenvalue weighted by Crippen LogP contribution is -2.60. The van der Waals surface area contributed by atoms with Gasteiger partial charge in [0.2, 0.25) is 5.91 Å². The molecule has 6 N–H and O–H groups in total. The predicted molar refractivity (Wildman–Crippen MR) is 267 cm³/mol. The first kappa shape index (κ1) is 60.2. The van der Waals surface area contributed by atoms with E-state index in [1.807, 2.05) is 6.08 Å². The summed E-state index contributed by atoms with van der Waals surface area (Å²) in [6.45, 7) is 3.68. The minimum atomic E-state index is -1.57. The van der Waals surface area contributed by atoms with Gasteiger partial charge in [0.1, 0.15) is 24.4 Å². The summed E-state index contributed by atoms with van der Waals surface area (Å²) in [4.78, 5) is 13.0. The van der Waals surface area contributed by atoms with Crippen molar-refractivity contribution in [2.45, 2.75) is 281 Å². The van der Waals surface area contributed by atoms with Gasteiger partial charge in [0, 0.05) is 6.42 Å². The molecular formula is C55H101NO8. The highest BCUT2D eigenvalue weighted by molar-refractivity contribution is 5.76. The molecule has 0 radical (unpaired) electrons. The normalized spacial score (nSPS) is 20.4. The van der Waals surface area contributed by atoms with Crippen LogP contribution in [0.2, 0.25) is 0 Å². The number of rotatable bonds is 45. The van der Waals surface area contributed by atoms with Gasteiger partial charge in [0.15, 0.2) is 6.29 Å². The minimum Gasteiger partial charge on any atom is -0.394 e. The van der Waals surface area contributed by atoms with Gasteiger partial charge < -0.3 is 40.3 Å². The van der Waals surface area contributed by atoms with Crippen molar-refractivity contribution in [1.29, 1.82) is 0 Å². The van der Waals surface area contributed by atoms with Crippen LogP contribution in [-0.4, -0.2) is 87.5 Å². The standard InChI is InChI=1S/C55H101NO8/c1-3-5-7-9-11-13-15-17-19-21-22-23-24-25-26-27-29-30-32-34-36-38-40-42-44-49(58)48(47-63-55-54(62)53(61)52(60)50(46-57)64-55)56-51(59)45-43-41-39-37-35-33-31-28-20-18-16-14-12-10-8-6-4-2/h6,8,12,14,18,20,42,44,48-50,52-55,57-58,60-62H,3-5,7,9-11,13,15-17,19,21-41,43,45-47H2,1-2H3,(H,56,59)/b8-6-,14-12-,20-18-,44-42+. The second kappa shape index (κ2) is 45.0. The number of allylic oxidation sites excluding steroid dienone is 7. The van der Waals surface area contributed by atoms with Crippen molar-refractivity contribution in [3.63, 3.8) is 0 Å². The number of carbonyl (C=O) groups excluding carboxylic acids is 1. The monoisotopic (exact) mass is 904 g/mol. The molecule has 9 heteroatoms. The first-order valence-corrected chi connectivity index (χ1v) is 26.9. The first-order chi connectivity index (χ1) is 31.3. The van der Waals surface area contributed by atoms with Gasteiger partial charge in [-0.15, -0.1) is 0 Å². The van der Waals surface area contributed by atoms with E-state index in [-0.39, 0.29) is 12.5 Å². The fourth-order valence-corrected chi connectivity index (χ4v) is 8.41. The molecule has 1 rings (SSSR count). The maximum atomic E-state index is 13.0. The van der Waals surface area contributed by atoms with Crippen LogP contribution in [0.25, 0.3) is 0 Å². The van der Waals surface area contributed by atoms with Crippen LogP contribution >= 0.6 is 0 Å². The Bertz CT molecular complexity index is 1140. The maximum absolute atomic E-state index is 13.0. The summed E-state index contributed by atoms with van der Waals surface area (Å²) < 4.78 is 11.2. The smallest absolute Gasteiger partial charge is 0.220 e. The summed E-state index contributed by atoms with van der Waals surface area (Å²) >= 11 is 0. The van der Waals surface area contributed by atoms with E-state index < -0.39 is 49.5 Å². The molecule has 374 valence electrons. The van der Waals surface area contributed by atoms with Crippen molar-refractivity contribution < 1.29 is 39.8 Å². The molecule has 64 heavy (non-hydrogen) atoms. The molecule has 0 aromatic carbocycles. The van der Waals surface area contributed by atoms with E-state index in [1.54, 1.807) is 6.08 Å². The molecule has 7 unspecified atom stereocenters. The van der Waals surface area contributed by atoms with Crippen molar-refractivity contribution in [2.24, 2.45) is 0 Å². The van der Waals surface area contributed by atoms with Crippen molar-refractivity contribution >= 4 is 5.91 Å². The second-order valence-corrected chi connectivity index (χ2v) is 18.6. The maximum Gasteiger partial charge on any atom is 0.220 e. The zero-order valence-corrected chi connectivity index (χ0v) is 41.3. The number of ether oxygens (including phenoxy) is 2. The van der Waals surface area contributed by atoms with Crippen molar-refractivity contribution in [3.8, 4) is 0 Å². The Hall–Kier alpha value is -1.85. The summed E-state index contributed by atoms with van der Waals surface area (Å²) in [5.74, 6) is -0.187. The molecule has 9 nitrogen and oxygen atoms in total. The molecule has 1 heterocycles. The van der Waals surface area contributed by atoms with Crippen LogP contribution in [0.5, 0.6) is 0 Å². The molecular weight excluding hydrogens is 803 g/mol. The van der Waals surface area contributed by atoms with E-state index in [0.717, 1.165) is 70.6 Å². The highest BCUT2D eigenvalue weighted by Gasteiger charge is 2.44. The summed E-state index contributed by atoms with van der Waals surface area (Å²) in [7, 11) is 0. The molecule has 0 spiro atoms. The number of aliphatic hydroxyl groups is 5. The van der Waals surface area contributed by atoms with Crippen molar-refractivity contribution in [3.05, 3.63) is 48.6 Å². The van der Waals surface area contributed by atoms with E-state index in [2.05, 4.69) is 55.6 Å². The zero-order valence-electron chi connectivity index (χ0n) is 41.3. The quantitative estimate of drug-likeness (QED) is 0.0261. The molecule has 1 aliphatic rings. The number of aliphatic hydroxyl groups excluding tert-OH is 5. The van der Waals surface area contributed by atoms with Gasteiger partial charge in [0.05, 0.1) is 25.4 Å². The Balaban J connectivity index is 2.26. The molecule has 0 aromatic heterocycles. The second-order valence-electron chi connectivity index (χ2n) is 18.6. The average molecular weight is 904 g/mol. The summed E-state index contributed by atoms with van der Waals surface area (Å²) in [5, 5.41) is 54.4. The topological polar surface area (TPSA) is 149 Å². The fraction of sp³-hybridized carbons (Fsp3) is 0.836. The van der Waals surface area contributed by atoms with Crippen LogP contribution in [-0.2, 0) is 14.3 Å². The Morgan fingerprint density at radius 3 is 1.44 bits per heavy atom. The van der Waals surface area contributed by atoms with Crippen LogP contribution in [0.1, 0.15) is 239 Å². The van der Waals surface area contributed by atoms with E-state index in [9.17, 15) is 30.3 Å². The van der Waals surface area contributed by atoms with Crippen LogP contribution < -0.4 is 5.32 Å².